The molecule has 0 bridgehead atoms. The number of hydrogen-bond donors (Lipinski definition) is 1. The van der Waals surface area contributed by atoms with Crippen LogP contribution in [0.15, 0.2) is 47.5 Å². The second-order valence-corrected chi connectivity index (χ2v) is 6.75. The van der Waals surface area contributed by atoms with Crippen molar-refractivity contribution >= 4 is 11.8 Å². The molecule has 0 saturated carbocycles. The summed E-state index contributed by atoms with van der Waals surface area (Å²) in [6.07, 6.45) is 4.80. The third-order valence-corrected chi connectivity index (χ3v) is 5.48. The van der Waals surface area contributed by atoms with E-state index in [1.54, 1.807) is 11.8 Å². The van der Waals surface area contributed by atoms with E-state index in [4.69, 9.17) is 0 Å². The zero-order chi connectivity index (χ0) is 14.7. The van der Waals surface area contributed by atoms with Crippen molar-refractivity contribution in [3.05, 3.63) is 59.4 Å². The molecule has 21 heavy (non-hydrogen) atoms. The van der Waals surface area contributed by atoms with Crippen molar-refractivity contribution in [1.82, 2.24) is 4.98 Å². The highest BCUT2D eigenvalue weighted by Gasteiger charge is 2.27. The molecule has 0 radical (unpaired) electrons. The summed E-state index contributed by atoms with van der Waals surface area (Å²) < 4.78 is 0. The predicted octanol–water partition coefficient (Wildman–Crippen LogP) is 3.96. The first-order valence-corrected chi connectivity index (χ1v) is 8.54. The van der Waals surface area contributed by atoms with Crippen LogP contribution >= 0.6 is 11.8 Å². The molecule has 110 valence electrons. The van der Waals surface area contributed by atoms with E-state index in [0.29, 0.717) is 0 Å². The van der Waals surface area contributed by atoms with Gasteiger partial charge in [-0.2, -0.15) is 0 Å². The van der Waals surface area contributed by atoms with E-state index in [-0.39, 0.29) is 12.0 Å². The lowest BCUT2D eigenvalue weighted by Crippen LogP contribution is -2.26. The molecule has 0 amide bonds. The topological polar surface area (TPSA) is 33.1 Å². The van der Waals surface area contributed by atoms with E-state index in [1.807, 2.05) is 12.3 Å². The van der Waals surface area contributed by atoms with Gasteiger partial charge in [0.2, 0.25) is 0 Å². The molecule has 0 aliphatic heterocycles. The Morgan fingerprint density at radius 1 is 1.29 bits per heavy atom. The Bertz CT molecular complexity index is 614. The summed E-state index contributed by atoms with van der Waals surface area (Å²) in [5.41, 5.74) is 3.70. The van der Waals surface area contributed by atoms with E-state index < -0.39 is 0 Å². The number of aliphatic hydroxyl groups is 1. The fraction of sp³-hybridized carbons (Fsp3) is 0.389. The van der Waals surface area contributed by atoms with E-state index in [2.05, 4.69) is 42.2 Å². The number of aromatic nitrogens is 1. The molecular formula is C18H21NOS. The normalized spacial score (nSPS) is 19.0. The van der Waals surface area contributed by atoms with Crippen molar-refractivity contribution < 1.29 is 5.11 Å². The van der Waals surface area contributed by atoms with Gasteiger partial charge in [0, 0.05) is 28.5 Å². The monoisotopic (exact) mass is 299 g/mol. The number of nitrogens with zero attached hydrogens (tertiary/aromatic N) is 1. The SMILES string of the molecule is Cc1ccccc1SCC(O)C1CCCc2cccnc21. The van der Waals surface area contributed by atoms with Crippen LogP contribution < -0.4 is 0 Å². The quantitative estimate of drug-likeness (QED) is 0.867. The van der Waals surface area contributed by atoms with Crippen LogP contribution in [-0.4, -0.2) is 21.9 Å². The molecule has 2 aromatic rings. The van der Waals surface area contributed by atoms with Gasteiger partial charge in [0.1, 0.15) is 0 Å². The first kappa shape index (κ1) is 14.6. The molecule has 2 atom stereocenters. The van der Waals surface area contributed by atoms with Crippen molar-refractivity contribution in [1.29, 1.82) is 0 Å². The van der Waals surface area contributed by atoms with Crippen molar-refractivity contribution in [2.75, 3.05) is 5.75 Å². The molecule has 1 aliphatic carbocycles. The number of pyridine rings is 1. The summed E-state index contributed by atoms with van der Waals surface area (Å²) in [6.45, 7) is 2.12. The Labute approximate surface area is 130 Å². The Morgan fingerprint density at radius 3 is 3.00 bits per heavy atom. The Balaban J connectivity index is 1.69. The summed E-state index contributed by atoms with van der Waals surface area (Å²) >= 11 is 1.75. The average molecular weight is 299 g/mol. The maximum Gasteiger partial charge on any atom is 0.0717 e. The summed E-state index contributed by atoms with van der Waals surface area (Å²) in [6, 6.07) is 12.5. The molecular weight excluding hydrogens is 278 g/mol. The molecule has 1 heterocycles. The second kappa shape index (κ2) is 6.63. The lowest BCUT2D eigenvalue weighted by atomic mass is 9.84. The highest BCUT2D eigenvalue weighted by atomic mass is 32.2. The molecule has 2 unspecified atom stereocenters. The fourth-order valence-electron chi connectivity index (χ4n) is 3.03. The number of aliphatic hydroxyl groups excluding tert-OH is 1. The van der Waals surface area contributed by atoms with Gasteiger partial charge in [-0.25, -0.2) is 0 Å². The van der Waals surface area contributed by atoms with E-state index in [9.17, 15) is 5.11 Å². The molecule has 3 rings (SSSR count). The van der Waals surface area contributed by atoms with Crippen molar-refractivity contribution in [2.24, 2.45) is 0 Å². The van der Waals surface area contributed by atoms with Gasteiger partial charge >= 0.3 is 0 Å². The fourth-order valence-corrected chi connectivity index (χ4v) is 4.08. The smallest absolute Gasteiger partial charge is 0.0717 e. The predicted molar refractivity (Wildman–Crippen MR) is 87.8 cm³/mol. The van der Waals surface area contributed by atoms with Crippen LogP contribution in [0.3, 0.4) is 0 Å². The molecule has 1 aromatic carbocycles. The van der Waals surface area contributed by atoms with Gasteiger partial charge in [-0.05, 0) is 49.4 Å². The molecule has 1 aromatic heterocycles. The maximum absolute atomic E-state index is 10.6. The number of benzene rings is 1. The van der Waals surface area contributed by atoms with Gasteiger partial charge in [0.15, 0.2) is 0 Å². The van der Waals surface area contributed by atoms with E-state index >= 15 is 0 Å². The zero-order valence-electron chi connectivity index (χ0n) is 12.3. The largest absolute Gasteiger partial charge is 0.392 e. The Morgan fingerprint density at radius 2 is 2.14 bits per heavy atom. The second-order valence-electron chi connectivity index (χ2n) is 5.69. The molecule has 1 aliphatic rings. The Kier molecular flexibility index (Phi) is 4.61. The van der Waals surface area contributed by atoms with Gasteiger partial charge in [-0.3, -0.25) is 4.98 Å². The van der Waals surface area contributed by atoms with E-state index in [1.165, 1.54) is 16.0 Å². The van der Waals surface area contributed by atoms with Crippen LogP contribution in [0.5, 0.6) is 0 Å². The number of thioether (sulfide) groups is 1. The summed E-state index contributed by atoms with van der Waals surface area (Å²) in [4.78, 5) is 5.78. The third-order valence-electron chi connectivity index (χ3n) is 4.21. The molecule has 1 N–H and O–H groups in total. The van der Waals surface area contributed by atoms with Crippen LogP contribution in [0.1, 0.15) is 35.6 Å². The minimum Gasteiger partial charge on any atom is -0.392 e. The number of fused-ring (bicyclic) bond motifs is 1. The molecule has 0 fully saturated rings. The number of hydrogen-bond acceptors (Lipinski definition) is 3. The van der Waals surface area contributed by atoms with Crippen LogP contribution in [0.25, 0.3) is 0 Å². The molecule has 2 nitrogen and oxygen atoms in total. The molecule has 0 spiro atoms. The lowest BCUT2D eigenvalue weighted by Gasteiger charge is -2.28. The Hall–Kier alpha value is -1.32. The summed E-state index contributed by atoms with van der Waals surface area (Å²) in [5, 5.41) is 10.6. The summed E-state index contributed by atoms with van der Waals surface area (Å²) in [7, 11) is 0. The highest BCUT2D eigenvalue weighted by molar-refractivity contribution is 7.99. The third kappa shape index (κ3) is 3.30. The van der Waals surface area contributed by atoms with Crippen LogP contribution in [-0.2, 0) is 6.42 Å². The minimum atomic E-state index is -0.330. The minimum absolute atomic E-state index is 0.187. The van der Waals surface area contributed by atoms with Crippen LogP contribution in [0.4, 0.5) is 0 Å². The number of aryl methyl sites for hydroxylation is 2. The highest BCUT2D eigenvalue weighted by Crippen LogP contribution is 2.34. The molecule has 0 saturated heterocycles. The van der Waals surface area contributed by atoms with Gasteiger partial charge < -0.3 is 5.11 Å². The zero-order valence-corrected chi connectivity index (χ0v) is 13.1. The van der Waals surface area contributed by atoms with Gasteiger partial charge in [-0.15, -0.1) is 11.8 Å². The number of rotatable bonds is 4. The van der Waals surface area contributed by atoms with Crippen molar-refractivity contribution in [3.63, 3.8) is 0 Å². The average Bonchev–Trinajstić information content (AvgIpc) is 2.53. The maximum atomic E-state index is 10.6. The van der Waals surface area contributed by atoms with Gasteiger partial charge in [0.25, 0.3) is 0 Å². The van der Waals surface area contributed by atoms with Crippen molar-refractivity contribution in [2.45, 2.75) is 43.1 Å². The molecule has 3 heteroatoms. The van der Waals surface area contributed by atoms with E-state index in [0.717, 1.165) is 30.7 Å². The van der Waals surface area contributed by atoms with Crippen LogP contribution in [0.2, 0.25) is 0 Å². The first-order chi connectivity index (χ1) is 10.3. The first-order valence-electron chi connectivity index (χ1n) is 7.56. The standard InChI is InChI=1S/C18H21NOS/c1-13-6-2-3-10-17(13)21-12-16(20)15-9-4-7-14-8-5-11-19-18(14)15/h2-3,5-6,8,10-11,15-16,20H,4,7,9,12H2,1H3. The summed E-state index contributed by atoms with van der Waals surface area (Å²) in [5.74, 6) is 0.914. The van der Waals surface area contributed by atoms with Gasteiger partial charge in [-0.1, -0.05) is 24.3 Å². The van der Waals surface area contributed by atoms with Gasteiger partial charge in [0.05, 0.1) is 6.10 Å². The van der Waals surface area contributed by atoms with Crippen molar-refractivity contribution in [3.8, 4) is 0 Å². The van der Waals surface area contributed by atoms with Crippen LogP contribution in [0, 0.1) is 6.92 Å². The lowest BCUT2D eigenvalue weighted by molar-refractivity contribution is 0.155.